The lowest BCUT2D eigenvalue weighted by molar-refractivity contribution is -0.117. The Morgan fingerprint density at radius 3 is 2.57 bits per heavy atom. The number of nitrogens with zero attached hydrogens (tertiary/aromatic N) is 1. The molecule has 0 aliphatic carbocycles. The molecule has 128 valence electrons. The summed E-state index contributed by atoms with van der Waals surface area (Å²) in [5.41, 5.74) is 0.448. The highest BCUT2D eigenvalue weighted by Gasteiger charge is 2.31. The molecule has 1 atom stereocenters. The molecule has 1 N–H and O–H groups in total. The van der Waals surface area contributed by atoms with Crippen molar-refractivity contribution in [2.24, 2.45) is 0 Å². The van der Waals surface area contributed by atoms with E-state index in [-0.39, 0.29) is 35.7 Å². The summed E-state index contributed by atoms with van der Waals surface area (Å²) in [4.78, 5) is 13.7. The molecule has 2 rings (SSSR count). The van der Waals surface area contributed by atoms with Crippen molar-refractivity contribution in [2.75, 3.05) is 30.4 Å². The van der Waals surface area contributed by atoms with Gasteiger partial charge in [0.05, 0.1) is 18.1 Å². The van der Waals surface area contributed by atoms with Crippen molar-refractivity contribution in [3.05, 3.63) is 24.3 Å². The molecular formula is C14H18F2N2O4S. The van der Waals surface area contributed by atoms with E-state index < -0.39 is 16.4 Å². The Hall–Kier alpha value is -1.74. The normalized spacial score (nSPS) is 20.0. The lowest BCUT2D eigenvalue weighted by atomic mass is 10.2. The molecule has 1 aliphatic rings. The number of nitrogens with one attached hydrogen (secondary N) is 1. The van der Waals surface area contributed by atoms with Gasteiger partial charge in [-0.2, -0.15) is 8.78 Å². The van der Waals surface area contributed by atoms with Crippen LogP contribution in [0.5, 0.6) is 5.75 Å². The molecule has 1 saturated heterocycles. The first kappa shape index (κ1) is 17.6. The summed E-state index contributed by atoms with van der Waals surface area (Å²) in [5, 5.41) is 2.62. The number of benzene rings is 1. The van der Waals surface area contributed by atoms with Crippen LogP contribution in [-0.2, 0) is 14.6 Å². The minimum atomic E-state index is -3.00. The van der Waals surface area contributed by atoms with Gasteiger partial charge < -0.3 is 10.1 Å². The van der Waals surface area contributed by atoms with Crippen molar-refractivity contribution >= 4 is 21.4 Å². The SMILES string of the molecule is CN(CC(=O)Nc1ccc(OC(F)F)cc1)C1CCS(=O)(=O)C1. The maximum atomic E-state index is 12.0. The van der Waals surface area contributed by atoms with E-state index in [1.54, 1.807) is 11.9 Å². The number of carbonyl (C=O) groups is 1. The van der Waals surface area contributed by atoms with E-state index >= 15 is 0 Å². The quantitative estimate of drug-likeness (QED) is 0.840. The molecule has 6 nitrogen and oxygen atoms in total. The average molecular weight is 348 g/mol. The van der Waals surface area contributed by atoms with Crippen LogP contribution in [0.1, 0.15) is 6.42 Å². The number of carbonyl (C=O) groups excluding carboxylic acids is 1. The van der Waals surface area contributed by atoms with Crippen LogP contribution in [0.2, 0.25) is 0 Å². The summed E-state index contributed by atoms with van der Waals surface area (Å²) < 4.78 is 51.2. The number of amides is 1. The number of sulfone groups is 1. The molecule has 0 spiro atoms. The van der Waals surface area contributed by atoms with E-state index in [4.69, 9.17) is 0 Å². The monoisotopic (exact) mass is 348 g/mol. The third-order valence-electron chi connectivity index (χ3n) is 3.59. The Bertz CT molecular complexity index is 649. The summed E-state index contributed by atoms with van der Waals surface area (Å²) in [7, 11) is -1.30. The molecule has 1 unspecified atom stereocenters. The van der Waals surface area contributed by atoms with Gasteiger partial charge in [-0.25, -0.2) is 8.42 Å². The van der Waals surface area contributed by atoms with E-state index in [2.05, 4.69) is 10.1 Å². The Morgan fingerprint density at radius 1 is 1.39 bits per heavy atom. The Morgan fingerprint density at radius 2 is 2.04 bits per heavy atom. The summed E-state index contributed by atoms with van der Waals surface area (Å²) in [6, 6.07) is 5.41. The van der Waals surface area contributed by atoms with Crippen LogP contribution in [0.15, 0.2) is 24.3 Å². The zero-order chi connectivity index (χ0) is 17.0. The summed E-state index contributed by atoms with van der Waals surface area (Å²) in [6.45, 7) is -2.85. The number of likely N-dealkylation sites (N-methyl/N-ethyl adjacent to an activating group) is 1. The highest BCUT2D eigenvalue weighted by molar-refractivity contribution is 7.91. The van der Waals surface area contributed by atoms with E-state index in [1.807, 2.05) is 0 Å². The first-order valence-electron chi connectivity index (χ1n) is 7.00. The molecule has 0 radical (unpaired) electrons. The Labute approximate surface area is 133 Å². The van der Waals surface area contributed by atoms with E-state index in [0.29, 0.717) is 12.1 Å². The summed E-state index contributed by atoms with van der Waals surface area (Å²) in [6.07, 6.45) is 0.520. The van der Waals surface area contributed by atoms with E-state index in [0.717, 1.165) is 0 Å². The largest absolute Gasteiger partial charge is 0.435 e. The molecule has 1 aliphatic heterocycles. The third kappa shape index (κ3) is 5.43. The lowest BCUT2D eigenvalue weighted by Crippen LogP contribution is -2.38. The molecule has 1 fully saturated rings. The van der Waals surface area contributed by atoms with Gasteiger partial charge in [0.2, 0.25) is 5.91 Å². The second-order valence-corrected chi connectivity index (χ2v) is 7.65. The highest BCUT2D eigenvalue weighted by atomic mass is 32.2. The number of hydrogen-bond donors (Lipinski definition) is 1. The maximum absolute atomic E-state index is 12.0. The van der Waals surface area contributed by atoms with Gasteiger partial charge in [-0.15, -0.1) is 0 Å². The molecule has 1 aromatic carbocycles. The van der Waals surface area contributed by atoms with Gasteiger partial charge in [-0.1, -0.05) is 0 Å². The first-order valence-corrected chi connectivity index (χ1v) is 8.83. The second-order valence-electron chi connectivity index (χ2n) is 5.42. The van der Waals surface area contributed by atoms with Gasteiger partial charge in [-0.05, 0) is 37.7 Å². The van der Waals surface area contributed by atoms with Crippen molar-refractivity contribution in [2.45, 2.75) is 19.1 Å². The molecule has 1 aromatic rings. The van der Waals surface area contributed by atoms with Crippen LogP contribution in [0.25, 0.3) is 0 Å². The number of alkyl halides is 2. The summed E-state index contributed by atoms with van der Waals surface area (Å²) >= 11 is 0. The molecule has 0 bridgehead atoms. The predicted octanol–water partition coefficient (Wildman–Crippen LogP) is 1.35. The van der Waals surface area contributed by atoms with Gasteiger partial charge in [0.25, 0.3) is 0 Å². The van der Waals surface area contributed by atoms with Crippen molar-refractivity contribution in [1.29, 1.82) is 0 Å². The smallest absolute Gasteiger partial charge is 0.387 e. The van der Waals surface area contributed by atoms with Crippen molar-refractivity contribution in [3.8, 4) is 5.75 Å². The molecule has 9 heteroatoms. The fourth-order valence-electron chi connectivity index (χ4n) is 2.40. The summed E-state index contributed by atoms with van der Waals surface area (Å²) in [5.74, 6) is -0.0864. The van der Waals surface area contributed by atoms with Crippen LogP contribution in [0.3, 0.4) is 0 Å². The number of ether oxygens (including phenoxy) is 1. The van der Waals surface area contributed by atoms with E-state index in [9.17, 15) is 22.0 Å². The fourth-order valence-corrected chi connectivity index (χ4v) is 4.20. The third-order valence-corrected chi connectivity index (χ3v) is 5.34. The molecular weight excluding hydrogens is 330 g/mol. The van der Waals surface area contributed by atoms with Crippen LogP contribution < -0.4 is 10.1 Å². The van der Waals surface area contributed by atoms with Gasteiger partial charge in [0, 0.05) is 11.7 Å². The van der Waals surface area contributed by atoms with Crippen molar-refractivity contribution < 1.29 is 26.7 Å². The average Bonchev–Trinajstić information content (AvgIpc) is 2.81. The molecule has 23 heavy (non-hydrogen) atoms. The standard InChI is InChI=1S/C14H18F2N2O4S/c1-18(11-6-7-23(20,21)9-11)8-13(19)17-10-2-4-12(5-3-10)22-14(15)16/h2-5,11,14H,6-9H2,1H3,(H,17,19). The number of halogens is 2. The molecule has 0 saturated carbocycles. The zero-order valence-corrected chi connectivity index (χ0v) is 13.4. The predicted molar refractivity (Wildman–Crippen MR) is 81.4 cm³/mol. The maximum Gasteiger partial charge on any atom is 0.387 e. The zero-order valence-electron chi connectivity index (χ0n) is 12.5. The van der Waals surface area contributed by atoms with Crippen LogP contribution in [-0.4, -0.2) is 57.0 Å². The number of anilines is 1. The topological polar surface area (TPSA) is 75.7 Å². The Kier molecular flexibility index (Phi) is 5.53. The second kappa shape index (κ2) is 7.22. The van der Waals surface area contributed by atoms with Crippen LogP contribution in [0, 0.1) is 0 Å². The fraction of sp³-hybridized carbons (Fsp3) is 0.500. The van der Waals surface area contributed by atoms with Crippen molar-refractivity contribution in [1.82, 2.24) is 4.90 Å². The minimum absolute atomic E-state index is 0.00581. The number of hydrogen-bond acceptors (Lipinski definition) is 5. The Balaban J connectivity index is 1.84. The first-order chi connectivity index (χ1) is 10.7. The van der Waals surface area contributed by atoms with Gasteiger partial charge in [0.1, 0.15) is 5.75 Å². The van der Waals surface area contributed by atoms with Crippen LogP contribution >= 0.6 is 0 Å². The van der Waals surface area contributed by atoms with Gasteiger partial charge in [-0.3, -0.25) is 9.69 Å². The number of rotatable bonds is 6. The van der Waals surface area contributed by atoms with Gasteiger partial charge >= 0.3 is 6.61 Å². The molecule has 1 heterocycles. The molecule has 1 amide bonds. The van der Waals surface area contributed by atoms with Crippen LogP contribution in [0.4, 0.5) is 14.5 Å². The lowest BCUT2D eigenvalue weighted by Gasteiger charge is -2.22. The minimum Gasteiger partial charge on any atom is -0.435 e. The van der Waals surface area contributed by atoms with E-state index in [1.165, 1.54) is 24.3 Å². The molecule has 0 aromatic heterocycles. The van der Waals surface area contributed by atoms with Gasteiger partial charge in [0.15, 0.2) is 9.84 Å². The van der Waals surface area contributed by atoms with Crippen molar-refractivity contribution in [3.63, 3.8) is 0 Å². The highest BCUT2D eigenvalue weighted by Crippen LogP contribution is 2.19.